The predicted octanol–water partition coefficient (Wildman–Crippen LogP) is 2.09. The molecule has 23 heavy (non-hydrogen) atoms. The van der Waals surface area contributed by atoms with Crippen molar-refractivity contribution in [3.8, 4) is 0 Å². The highest BCUT2D eigenvalue weighted by atomic mass is 35.5. The molecule has 0 saturated heterocycles. The maximum Gasteiger partial charge on any atom is 0.194 e. The largest absolute Gasteiger partial charge is 0.349 e. The number of fused-ring (bicyclic) bond motifs is 1. The number of aliphatic imine (C=N–C) groups is 1. The third kappa shape index (κ3) is 3.47. The summed E-state index contributed by atoms with van der Waals surface area (Å²) < 4.78 is 2.19. The predicted molar refractivity (Wildman–Crippen MR) is 91.5 cm³/mol. The van der Waals surface area contributed by atoms with E-state index in [4.69, 9.17) is 11.6 Å². The second-order valence-electron chi connectivity index (χ2n) is 5.64. The molecule has 6 nitrogen and oxygen atoms in total. The van der Waals surface area contributed by atoms with E-state index >= 15 is 0 Å². The summed E-state index contributed by atoms with van der Waals surface area (Å²) in [4.78, 5) is 6.38. The van der Waals surface area contributed by atoms with Gasteiger partial charge in [0.2, 0.25) is 0 Å². The van der Waals surface area contributed by atoms with E-state index in [2.05, 4.69) is 25.1 Å². The van der Waals surface area contributed by atoms with Crippen molar-refractivity contribution in [1.82, 2.24) is 25.0 Å². The van der Waals surface area contributed by atoms with Gasteiger partial charge < -0.3 is 14.8 Å². The Morgan fingerprint density at radius 1 is 1.39 bits per heavy atom. The summed E-state index contributed by atoms with van der Waals surface area (Å²) in [6, 6.07) is 7.85. The maximum absolute atomic E-state index is 6.23. The van der Waals surface area contributed by atoms with Crippen LogP contribution in [0.2, 0.25) is 5.02 Å². The first-order valence-corrected chi connectivity index (χ1v) is 8.13. The van der Waals surface area contributed by atoms with Gasteiger partial charge in [0.15, 0.2) is 11.8 Å². The van der Waals surface area contributed by atoms with Gasteiger partial charge in [-0.3, -0.25) is 4.99 Å². The number of rotatable bonds is 4. The molecule has 0 aliphatic carbocycles. The molecule has 0 saturated carbocycles. The third-order valence-corrected chi connectivity index (χ3v) is 4.40. The van der Waals surface area contributed by atoms with Crippen molar-refractivity contribution in [1.29, 1.82) is 0 Å². The van der Waals surface area contributed by atoms with E-state index in [1.807, 2.05) is 36.2 Å². The first-order chi connectivity index (χ1) is 11.2. The molecule has 1 aliphatic heterocycles. The van der Waals surface area contributed by atoms with Gasteiger partial charge in [0, 0.05) is 38.6 Å². The fraction of sp³-hybridized carbons (Fsp3) is 0.438. The average Bonchev–Trinajstić information content (AvgIpc) is 3.14. The zero-order valence-corrected chi connectivity index (χ0v) is 14.2. The normalized spacial score (nSPS) is 14.0. The zero-order valence-electron chi connectivity index (χ0n) is 13.5. The number of halogens is 1. The molecule has 1 aromatic heterocycles. The number of guanidine groups is 1. The van der Waals surface area contributed by atoms with Gasteiger partial charge in [-0.25, -0.2) is 0 Å². The highest BCUT2D eigenvalue weighted by Crippen LogP contribution is 2.17. The van der Waals surface area contributed by atoms with Gasteiger partial charge in [-0.05, 0) is 18.1 Å². The molecule has 3 rings (SSSR count). The minimum Gasteiger partial charge on any atom is -0.349 e. The molecule has 2 heterocycles. The van der Waals surface area contributed by atoms with E-state index in [0.29, 0.717) is 13.1 Å². The Morgan fingerprint density at radius 3 is 3.00 bits per heavy atom. The van der Waals surface area contributed by atoms with Gasteiger partial charge in [0.1, 0.15) is 5.82 Å². The van der Waals surface area contributed by atoms with Gasteiger partial charge in [-0.15, -0.1) is 10.2 Å². The number of aromatic nitrogens is 3. The second-order valence-corrected chi connectivity index (χ2v) is 6.04. The third-order valence-electron chi connectivity index (χ3n) is 4.03. The van der Waals surface area contributed by atoms with Crippen LogP contribution in [-0.2, 0) is 26.1 Å². The molecule has 1 aliphatic rings. The lowest BCUT2D eigenvalue weighted by molar-refractivity contribution is 0.474. The molecule has 0 atom stereocenters. The van der Waals surface area contributed by atoms with Crippen LogP contribution in [0.5, 0.6) is 0 Å². The Labute approximate surface area is 141 Å². The van der Waals surface area contributed by atoms with Gasteiger partial charge in [0.25, 0.3) is 0 Å². The highest BCUT2D eigenvalue weighted by Gasteiger charge is 2.17. The fourth-order valence-electron chi connectivity index (χ4n) is 2.84. The van der Waals surface area contributed by atoms with Crippen molar-refractivity contribution in [2.24, 2.45) is 4.99 Å². The first kappa shape index (κ1) is 15.8. The van der Waals surface area contributed by atoms with Crippen LogP contribution in [0.4, 0.5) is 0 Å². The summed E-state index contributed by atoms with van der Waals surface area (Å²) in [7, 11) is 3.77. The van der Waals surface area contributed by atoms with Crippen molar-refractivity contribution in [2.45, 2.75) is 32.5 Å². The smallest absolute Gasteiger partial charge is 0.194 e. The maximum atomic E-state index is 6.23. The van der Waals surface area contributed by atoms with E-state index in [9.17, 15) is 0 Å². The van der Waals surface area contributed by atoms with E-state index in [0.717, 1.165) is 47.6 Å². The standard InChI is InChI=1S/C16H21ClN6/c1-18-16(22(2)11-12-6-3-4-7-13(12)17)19-10-15-21-20-14-8-5-9-23(14)15/h3-4,6-7H,5,8-11H2,1-2H3,(H,18,19). The Morgan fingerprint density at radius 2 is 2.22 bits per heavy atom. The van der Waals surface area contributed by atoms with Crippen LogP contribution in [-0.4, -0.2) is 39.7 Å². The molecule has 1 N–H and O–H groups in total. The van der Waals surface area contributed by atoms with Crippen molar-refractivity contribution in [3.63, 3.8) is 0 Å². The van der Waals surface area contributed by atoms with Crippen molar-refractivity contribution >= 4 is 17.6 Å². The molecule has 7 heteroatoms. The average molecular weight is 333 g/mol. The van der Waals surface area contributed by atoms with Gasteiger partial charge in [-0.2, -0.15) is 0 Å². The number of nitrogens with zero attached hydrogens (tertiary/aromatic N) is 5. The van der Waals surface area contributed by atoms with Crippen molar-refractivity contribution in [2.75, 3.05) is 14.1 Å². The number of aryl methyl sites for hydroxylation is 1. The molecular weight excluding hydrogens is 312 g/mol. The molecule has 0 amide bonds. The van der Waals surface area contributed by atoms with Crippen LogP contribution in [0.25, 0.3) is 0 Å². The van der Waals surface area contributed by atoms with Gasteiger partial charge in [0.05, 0.1) is 6.54 Å². The summed E-state index contributed by atoms with van der Waals surface area (Å²) in [5.74, 6) is 2.85. The monoisotopic (exact) mass is 332 g/mol. The van der Waals surface area contributed by atoms with Gasteiger partial charge in [-0.1, -0.05) is 29.8 Å². The Hall–Kier alpha value is -2.08. The summed E-state index contributed by atoms with van der Waals surface area (Å²) >= 11 is 6.23. The molecule has 0 bridgehead atoms. The van der Waals surface area contributed by atoms with E-state index in [1.165, 1.54) is 0 Å². The second kappa shape index (κ2) is 7.00. The van der Waals surface area contributed by atoms with Crippen LogP contribution in [0.1, 0.15) is 23.6 Å². The minimum absolute atomic E-state index is 0.618. The summed E-state index contributed by atoms with van der Waals surface area (Å²) in [6.45, 7) is 2.32. The topological polar surface area (TPSA) is 58.3 Å². The lowest BCUT2D eigenvalue weighted by Crippen LogP contribution is -2.38. The highest BCUT2D eigenvalue weighted by molar-refractivity contribution is 6.31. The van der Waals surface area contributed by atoms with E-state index in [-0.39, 0.29) is 0 Å². The van der Waals surface area contributed by atoms with Crippen LogP contribution >= 0.6 is 11.6 Å². The number of benzene rings is 1. The molecule has 122 valence electrons. The lowest BCUT2D eigenvalue weighted by atomic mass is 10.2. The Balaban J connectivity index is 1.62. The van der Waals surface area contributed by atoms with Crippen LogP contribution in [0, 0.1) is 0 Å². The summed E-state index contributed by atoms with van der Waals surface area (Å²) in [5.41, 5.74) is 1.07. The van der Waals surface area contributed by atoms with Crippen LogP contribution < -0.4 is 5.32 Å². The molecule has 2 aromatic rings. The molecule has 0 spiro atoms. The zero-order chi connectivity index (χ0) is 16.2. The SMILES string of the molecule is CN=C(NCc1nnc2n1CCC2)N(C)Cc1ccccc1Cl. The van der Waals surface area contributed by atoms with E-state index < -0.39 is 0 Å². The summed E-state index contributed by atoms with van der Waals surface area (Å²) in [5, 5.41) is 12.6. The lowest BCUT2D eigenvalue weighted by Gasteiger charge is -2.22. The fourth-order valence-corrected chi connectivity index (χ4v) is 3.04. The van der Waals surface area contributed by atoms with Gasteiger partial charge >= 0.3 is 0 Å². The van der Waals surface area contributed by atoms with Crippen LogP contribution in [0.15, 0.2) is 29.3 Å². The molecule has 0 unspecified atom stereocenters. The number of hydrogen-bond donors (Lipinski definition) is 1. The van der Waals surface area contributed by atoms with Crippen molar-refractivity contribution < 1.29 is 0 Å². The minimum atomic E-state index is 0.618. The number of hydrogen-bond acceptors (Lipinski definition) is 3. The summed E-state index contributed by atoms with van der Waals surface area (Å²) in [6.07, 6.45) is 2.17. The quantitative estimate of drug-likeness (QED) is 0.688. The molecule has 1 aromatic carbocycles. The molecule has 0 radical (unpaired) electrons. The Kier molecular flexibility index (Phi) is 4.81. The molecular formula is C16H21ClN6. The first-order valence-electron chi connectivity index (χ1n) is 7.75. The number of nitrogens with one attached hydrogen (secondary N) is 1. The van der Waals surface area contributed by atoms with Crippen molar-refractivity contribution in [3.05, 3.63) is 46.5 Å². The molecule has 0 fully saturated rings. The Bertz CT molecular complexity index is 708. The van der Waals surface area contributed by atoms with Crippen LogP contribution in [0.3, 0.4) is 0 Å². The van der Waals surface area contributed by atoms with E-state index in [1.54, 1.807) is 7.05 Å².